The van der Waals surface area contributed by atoms with E-state index in [0.29, 0.717) is 32.2 Å². The van der Waals surface area contributed by atoms with Crippen molar-refractivity contribution in [2.75, 3.05) is 13.1 Å². The summed E-state index contributed by atoms with van der Waals surface area (Å²) in [5.74, 6) is -1.42. The highest BCUT2D eigenvalue weighted by Crippen LogP contribution is 2.21. The summed E-state index contributed by atoms with van der Waals surface area (Å²) in [4.78, 5) is 63.6. The number of piperidine rings is 1. The molecule has 0 aromatic carbocycles. The maximum Gasteiger partial charge on any atom is 0.408 e. The van der Waals surface area contributed by atoms with Gasteiger partial charge >= 0.3 is 6.09 Å². The number of nitrogens with zero attached hydrogens (tertiary/aromatic N) is 1. The normalized spacial score (nSPS) is 22.8. The molecule has 186 valence electrons. The largest absolute Gasteiger partial charge is 0.444 e. The minimum atomic E-state index is -0.850. The van der Waals surface area contributed by atoms with Crippen LogP contribution in [0.5, 0.6) is 0 Å². The van der Waals surface area contributed by atoms with E-state index in [2.05, 4.69) is 16.0 Å². The van der Waals surface area contributed by atoms with Gasteiger partial charge in [-0.25, -0.2) is 4.79 Å². The molecule has 0 aromatic heterocycles. The fourth-order valence-corrected chi connectivity index (χ4v) is 4.20. The van der Waals surface area contributed by atoms with Gasteiger partial charge in [-0.1, -0.05) is 13.8 Å². The van der Waals surface area contributed by atoms with Crippen LogP contribution in [0.4, 0.5) is 4.79 Å². The fraction of sp³-hybridized carbons (Fsp3) is 0.783. The molecule has 10 heteroatoms. The van der Waals surface area contributed by atoms with Crippen LogP contribution in [0.3, 0.4) is 0 Å². The number of hydrogen-bond acceptors (Lipinski definition) is 6. The number of aldehydes is 1. The van der Waals surface area contributed by atoms with Crippen LogP contribution in [0.25, 0.3) is 0 Å². The van der Waals surface area contributed by atoms with Gasteiger partial charge in [0, 0.05) is 19.0 Å². The molecular formula is C23H38N4O6. The highest BCUT2D eigenvalue weighted by molar-refractivity contribution is 5.92. The Morgan fingerprint density at radius 3 is 2.42 bits per heavy atom. The molecule has 33 heavy (non-hydrogen) atoms. The number of hydrogen-bond donors (Lipinski definition) is 3. The van der Waals surface area contributed by atoms with Crippen molar-refractivity contribution in [1.82, 2.24) is 20.9 Å². The average molecular weight is 467 g/mol. The third-order valence-corrected chi connectivity index (χ3v) is 5.89. The van der Waals surface area contributed by atoms with Gasteiger partial charge in [-0.05, 0) is 58.8 Å². The minimum Gasteiger partial charge on any atom is -0.444 e. The maximum atomic E-state index is 13.4. The van der Waals surface area contributed by atoms with Crippen molar-refractivity contribution in [3.63, 3.8) is 0 Å². The predicted octanol–water partition coefficient (Wildman–Crippen LogP) is 1.13. The SMILES string of the molecule is CC(C)[C@H](NC(=O)OC(C)(C)C)C(=O)N1CCCC[C@H]1C(=O)N[C@H](C=O)C[C@@H]1CCNC1=O. The molecule has 0 unspecified atom stereocenters. The van der Waals surface area contributed by atoms with Gasteiger partial charge < -0.3 is 30.4 Å². The molecule has 2 saturated heterocycles. The van der Waals surface area contributed by atoms with Gasteiger partial charge in [-0.15, -0.1) is 0 Å². The second-order valence-electron chi connectivity index (χ2n) is 10.2. The zero-order valence-corrected chi connectivity index (χ0v) is 20.3. The Labute approximate surface area is 195 Å². The smallest absolute Gasteiger partial charge is 0.408 e. The summed E-state index contributed by atoms with van der Waals surface area (Å²) in [6.45, 7) is 9.79. The van der Waals surface area contributed by atoms with E-state index in [1.165, 1.54) is 4.90 Å². The molecule has 0 radical (unpaired) electrons. The van der Waals surface area contributed by atoms with E-state index in [0.717, 1.165) is 12.8 Å². The van der Waals surface area contributed by atoms with Crippen molar-refractivity contribution in [3.8, 4) is 0 Å². The molecule has 2 aliphatic rings. The number of carbonyl (C=O) groups excluding carboxylic acids is 5. The topological polar surface area (TPSA) is 134 Å². The Morgan fingerprint density at radius 1 is 1.18 bits per heavy atom. The summed E-state index contributed by atoms with van der Waals surface area (Å²) in [7, 11) is 0. The van der Waals surface area contributed by atoms with Crippen molar-refractivity contribution >= 4 is 30.1 Å². The summed E-state index contributed by atoms with van der Waals surface area (Å²) < 4.78 is 5.30. The van der Waals surface area contributed by atoms with Crippen LogP contribution in [0.2, 0.25) is 0 Å². The fourth-order valence-electron chi connectivity index (χ4n) is 4.20. The molecule has 0 spiro atoms. The molecule has 4 atom stereocenters. The monoisotopic (exact) mass is 466 g/mol. The number of alkyl carbamates (subject to hydrolysis) is 1. The van der Waals surface area contributed by atoms with Crippen molar-refractivity contribution in [2.45, 2.75) is 90.4 Å². The second-order valence-corrected chi connectivity index (χ2v) is 10.2. The lowest BCUT2D eigenvalue weighted by Gasteiger charge is -2.38. The van der Waals surface area contributed by atoms with Crippen LogP contribution >= 0.6 is 0 Å². The highest BCUT2D eigenvalue weighted by atomic mass is 16.6. The van der Waals surface area contributed by atoms with Gasteiger partial charge in [0.25, 0.3) is 0 Å². The van der Waals surface area contributed by atoms with Gasteiger partial charge in [0.15, 0.2) is 0 Å². The first kappa shape index (κ1) is 26.6. The molecular weight excluding hydrogens is 428 g/mol. The standard InChI is InChI=1S/C23H38N4O6/c1-14(2)18(26-22(32)33-23(3,4)5)21(31)27-11-7-6-8-17(27)20(30)25-16(13-28)12-15-9-10-24-19(15)29/h13-18H,6-12H2,1-5H3,(H,24,29)(H,25,30)(H,26,32)/t15-,16-,17-,18-/m0/s1. The number of nitrogens with one attached hydrogen (secondary N) is 3. The molecule has 2 rings (SSSR count). The quantitative estimate of drug-likeness (QED) is 0.459. The van der Waals surface area contributed by atoms with E-state index in [4.69, 9.17) is 4.74 Å². The zero-order valence-electron chi connectivity index (χ0n) is 20.3. The maximum absolute atomic E-state index is 13.4. The van der Waals surface area contributed by atoms with Crippen LogP contribution in [0.15, 0.2) is 0 Å². The van der Waals surface area contributed by atoms with E-state index in [1.807, 2.05) is 13.8 Å². The molecule has 0 aliphatic carbocycles. The average Bonchev–Trinajstić information content (AvgIpc) is 3.13. The van der Waals surface area contributed by atoms with Crippen molar-refractivity contribution in [2.24, 2.45) is 11.8 Å². The molecule has 10 nitrogen and oxygen atoms in total. The van der Waals surface area contributed by atoms with Crippen LogP contribution in [-0.2, 0) is 23.9 Å². The first-order chi connectivity index (χ1) is 15.4. The molecule has 4 amide bonds. The molecule has 0 saturated carbocycles. The van der Waals surface area contributed by atoms with Gasteiger partial charge in [0.1, 0.15) is 24.0 Å². The molecule has 2 heterocycles. The van der Waals surface area contributed by atoms with Gasteiger partial charge in [0.2, 0.25) is 17.7 Å². The summed E-state index contributed by atoms with van der Waals surface area (Å²) in [5, 5.41) is 8.09. The number of amides is 4. The lowest BCUT2D eigenvalue weighted by atomic mass is 9.95. The Hall–Kier alpha value is -2.65. The highest BCUT2D eigenvalue weighted by Gasteiger charge is 2.38. The molecule has 2 aliphatic heterocycles. The van der Waals surface area contributed by atoms with Crippen molar-refractivity contribution < 1.29 is 28.7 Å². The summed E-state index contributed by atoms with van der Waals surface area (Å²) >= 11 is 0. The van der Waals surface area contributed by atoms with Crippen LogP contribution < -0.4 is 16.0 Å². The Kier molecular flexibility index (Phi) is 9.25. The number of ether oxygens (including phenoxy) is 1. The lowest BCUT2D eigenvalue weighted by molar-refractivity contribution is -0.145. The van der Waals surface area contributed by atoms with E-state index < -0.39 is 35.7 Å². The lowest BCUT2D eigenvalue weighted by Crippen LogP contribution is -2.59. The molecule has 0 bridgehead atoms. The second kappa shape index (κ2) is 11.5. The zero-order chi connectivity index (χ0) is 24.8. The van der Waals surface area contributed by atoms with E-state index in [1.54, 1.807) is 20.8 Å². The Balaban J connectivity index is 2.08. The Bertz CT molecular complexity index is 748. The number of rotatable bonds is 8. The van der Waals surface area contributed by atoms with Crippen molar-refractivity contribution in [1.29, 1.82) is 0 Å². The molecule has 3 N–H and O–H groups in total. The number of likely N-dealkylation sites (tertiary alicyclic amines) is 1. The van der Waals surface area contributed by atoms with Gasteiger partial charge in [-0.2, -0.15) is 0 Å². The molecule has 2 fully saturated rings. The van der Waals surface area contributed by atoms with E-state index in [9.17, 15) is 24.0 Å². The summed E-state index contributed by atoms with van der Waals surface area (Å²) in [5.41, 5.74) is -0.706. The van der Waals surface area contributed by atoms with Gasteiger partial charge in [0.05, 0.1) is 6.04 Å². The van der Waals surface area contributed by atoms with Crippen LogP contribution in [-0.4, -0.2) is 71.8 Å². The van der Waals surface area contributed by atoms with Crippen molar-refractivity contribution in [3.05, 3.63) is 0 Å². The molecule has 0 aromatic rings. The number of carbonyl (C=O) groups is 5. The minimum absolute atomic E-state index is 0.112. The third-order valence-electron chi connectivity index (χ3n) is 5.89. The van der Waals surface area contributed by atoms with Gasteiger partial charge in [-0.3, -0.25) is 14.4 Å². The van der Waals surface area contributed by atoms with Crippen LogP contribution in [0.1, 0.15) is 66.7 Å². The van der Waals surface area contributed by atoms with E-state index >= 15 is 0 Å². The summed E-state index contributed by atoms with van der Waals surface area (Å²) in [6.07, 6.45) is 2.78. The first-order valence-electron chi connectivity index (χ1n) is 11.8. The van der Waals surface area contributed by atoms with Crippen LogP contribution in [0, 0.1) is 11.8 Å². The summed E-state index contributed by atoms with van der Waals surface area (Å²) in [6, 6.07) is -2.39. The Morgan fingerprint density at radius 2 is 1.88 bits per heavy atom. The predicted molar refractivity (Wildman–Crippen MR) is 121 cm³/mol. The third kappa shape index (κ3) is 7.71. The first-order valence-corrected chi connectivity index (χ1v) is 11.8. The van der Waals surface area contributed by atoms with E-state index in [-0.39, 0.29) is 30.1 Å².